The molecule has 0 radical (unpaired) electrons. The van der Waals surface area contributed by atoms with Crippen molar-refractivity contribution in [3.63, 3.8) is 0 Å². The lowest BCUT2D eigenvalue weighted by Crippen LogP contribution is -2.16. The highest BCUT2D eigenvalue weighted by molar-refractivity contribution is 7.17. The summed E-state index contributed by atoms with van der Waals surface area (Å²) in [5.74, 6) is -2.31. The maximum Gasteiger partial charge on any atom is 0.573 e. The molecule has 130 valence electrons. The molecule has 1 aromatic heterocycles. The zero-order valence-electron chi connectivity index (χ0n) is 11.2. The third-order valence-corrected chi connectivity index (χ3v) is 3.39. The fourth-order valence-electron chi connectivity index (χ4n) is 1.57. The lowest BCUT2D eigenvalue weighted by molar-refractivity contribution is -0.274. The number of aromatic nitrogens is 1. The molecule has 0 unspecified atom stereocenters. The van der Waals surface area contributed by atoms with E-state index in [1.54, 1.807) is 0 Å². The fourth-order valence-corrected chi connectivity index (χ4v) is 2.42. The number of hydrogen-bond donors (Lipinski definition) is 2. The van der Waals surface area contributed by atoms with E-state index in [-0.39, 0.29) is 22.2 Å². The smallest absolute Gasteiger partial charge is 0.477 e. The molecule has 5 nitrogen and oxygen atoms in total. The van der Waals surface area contributed by atoms with Gasteiger partial charge in [0.15, 0.2) is 10.8 Å². The number of anilines is 2. The zero-order chi connectivity index (χ0) is 18.1. The van der Waals surface area contributed by atoms with E-state index >= 15 is 0 Å². The highest BCUT2D eigenvalue weighted by atomic mass is 32.1. The zero-order valence-corrected chi connectivity index (χ0v) is 12.0. The Hall–Kier alpha value is -2.50. The summed E-state index contributed by atoms with van der Waals surface area (Å²) in [5, 5.41) is 10.8. The monoisotopic (exact) mass is 372 g/mol. The van der Waals surface area contributed by atoms with Crippen LogP contribution in [0.1, 0.15) is 15.4 Å². The molecule has 0 saturated heterocycles. The molecule has 0 aliphatic carbocycles. The van der Waals surface area contributed by atoms with Gasteiger partial charge in [-0.15, -0.1) is 13.2 Å². The summed E-state index contributed by atoms with van der Waals surface area (Å²) < 4.78 is 77.8. The van der Waals surface area contributed by atoms with Crippen molar-refractivity contribution in [3.8, 4) is 5.75 Å². The largest absolute Gasteiger partial charge is 0.573 e. The van der Waals surface area contributed by atoms with Crippen molar-refractivity contribution >= 4 is 28.1 Å². The molecule has 2 aromatic rings. The summed E-state index contributed by atoms with van der Waals surface area (Å²) in [4.78, 5) is 13.0. The second-order valence-corrected chi connectivity index (χ2v) is 5.20. The highest BCUT2D eigenvalue weighted by Crippen LogP contribution is 2.37. The minimum atomic E-state index is -4.95. The number of aromatic carboxylic acids is 1. The summed E-state index contributed by atoms with van der Waals surface area (Å²) in [6.45, 7) is 0. The molecule has 0 bridgehead atoms. The predicted octanol–water partition coefficient (Wildman–Crippen LogP) is 4.50. The normalized spacial score (nSPS) is 12.1. The molecule has 0 amide bonds. The van der Waals surface area contributed by atoms with Crippen molar-refractivity contribution in [2.45, 2.75) is 12.5 Å². The Morgan fingerprint density at radius 1 is 1.12 bits per heavy atom. The second kappa shape index (κ2) is 6.19. The number of benzene rings is 1. The summed E-state index contributed by atoms with van der Waals surface area (Å²) in [6.07, 6.45) is -9.82. The highest BCUT2D eigenvalue weighted by Gasteiger charge is 2.39. The molecule has 2 rings (SSSR count). The summed E-state index contributed by atoms with van der Waals surface area (Å²) in [5.41, 5.74) is -1.46. The number of carbonyl (C=O) groups is 1. The molecule has 0 spiro atoms. The number of alkyl halides is 6. The third-order valence-electron chi connectivity index (χ3n) is 2.43. The Morgan fingerprint density at radius 2 is 1.71 bits per heavy atom. The number of carboxylic acids is 1. The first-order valence-electron chi connectivity index (χ1n) is 5.90. The van der Waals surface area contributed by atoms with Crippen LogP contribution in [-0.2, 0) is 6.18 Å². The minimum Gasteiger partial charge on any atom is -0.477 e. The molecular formula is C12H6F6N2O3S. The van der Waals surface area contributed by atoms with Gasteiger partial charge in [0.05, 0.1) is 0 Å². The number of nitrogens with one attached hydrogen (secondary N) is 1. The number of carboxylic acid groups (broad SMARTS) is 1. The van der Waals surface area contributed by atoms with E-state index in [4.69, 9.17) is 5.11 Å². The van der Waals surface area contributed by atoms with Crippen molar-refractivity contribution in [2.24, 2.45) is 0 Å². The number of rotatable bonds is 4. The van der Waals surface area contributed by atoms with Crippen molar-refractivity contribution < 1.29 is 41.0 Å². The standard InChI is InChI=1S/C12H6F6N2O3S/c13-11(14,15)8-7(9(21)22)24-10(20-8)19-5-1-3-6(4-2-5)23-12(16,17)18/h1-4H,(H,19,20)(H,21,22). The van der Waals surface area contributed by atoms with Crippen molar-refractivity contribution in [2.75, 3.05) is 5.32 Å². The molecule has 24 heavy (non-hydrogen) atoms. The molecule has 12 heteroatoms. The summed E-state index contributed by atoms with van der Waals surface area (Å²) >= 11 is 0.251. The maximum absolute atomic E-state index is 12.7. The maximum atomic E-state index is 12.7. The average Bonchev–Trinajstić information content (AvgIpc) is 2.83. The molecule has 0 fully saturated rings. The second-order valence-electron chi connectivity index (χ2n) is 4.20. The molecule has 1 aromatic carbocycles. The van der Waals surface area contributed by atoms with Crippen LogP contribution >= 0.6 is 11.3 Å². The van der Waals surface area contributed by atoms with E-state index in [0.29, 0.717) is 0 Å². The SMILES string of the molecule is O=C(O)c1sc(Nc2ccc(OC(F)(F)F)cc2)nc1C(F)(F)F. The van der Waals surface area contributed by atoms with Gasteiger partial charge >= 0.3 is 18.5 Å². The first-order chi connectivity index (χ1) is 11.0. The van der Waals surface area contributed by atoms with Gasteiger partial charge in [-0.2, -0.15) is 13.2 Å². The Labute approximate surface area is 133 Å². The van der Waals surface area contributed by atoms with Crippen LogP contribution in [0.4, 0.5) is 37.2 Å². The molecule has 0 atom stereocenters. The number of hydrogen-bond acceptors (Lipinski definition) is 5. The van der Waals surface area contributed by atoms with Crippen LogP contribution < -0.4 is 10.1 Å². The fraction of sp³-hybridized carbons (Fsp3) is 0.167. The van der Waals surface area contributed by atoms with Crippen LogP contribution in [0.5, 0.6) is 5.75 Å². The molecule has 0 aliphatic rings. The summed E-state index contributed by atoms with van der Waals surface area (Å²) in [7, 11) is 0. The van der Waals surface area contributed by atoms with Gasteiger partial charge < -0.3 is 15.2 Å². The Bertz CT molecular complexity index is 739. The number of nitrogens with zero attached hydrogens (tertiary/aromatic N) is 1. The Morgan fingerprint density at radius 3 is 2.12 bits per heavy atom. The lowest BCUT2D eigenvalue weighted by Gasteiger charge is -2.09. The first-order valence-corrected chi connectivity index (χ1v) is 6.71. The number of thiazole rings is 1. The van der Waals surface area contributed by atoms with Crippen LogP contribution in [0.3, 0.4) is 0 Å². The number of halogens is 6. The van der Waals surface area contributed by atoms with Crippen LogP contribution in [0.15, 0.2) is 24.3 Å². The van der Waals surface area contributed by atoms with Gasteiger partial charge in [-0.25, -0.2) is 9.78 Å². The van der Waals surface area contributed by atoms with Gasteiger partial charge in [-0.1, -0.05) is 11.3 Å². The van der Waals surface area contributed by atoms with Crippen molar-refractivity contribution in [1.82, 2.24) is 4.98 Å². The first kappa shape index (κ1) is 17.8. The minimum absolute atomic E-state index is 0.101. The quantitative estimate of drug-likeness (QED) is 0.773. The summed E-state index contributed by atoms with van der Waals surface area (Å²) in [6, 6.07) is 4.09. The van der Waals surface area contributed by atoms with Gasteiger partial charge in [0, 0.05) is 5.69 Å². The van der Waals surface area contributed by atoms with Gasteiger partial charge in [0.25, 0.3) is 0 Å². The van der Waals surface area contributed by atoms with E-state index in [9.17, 15) is 31.1 Å². The van der Waals surface area contributed by atoms with Crippen LogP contribution in [0.2, 0.25) is 0 Å². The van der Waals surface area contributed by atoms with E-state index in [1.807, 2.05) is 0 Å². The Balaban J connectivity index is 2.21. The van der Waals surface area contributed by atoms with Crippen LogP contribution in [0, 0.1) is 0 Å². The van der Waals surface area contributed by atoms with Gasteiger partial charge in [-0.05, 0) is 24.3 Å². The average molecular weight is 372 g/mol. The lowest BCUT2D eigenvalue weighted by atomic mass is 10.3. The molecular weight excluding hydrogens is 366 g/mol. The molecule has 0 saturated carbocycles. The van der Waals surface area contributed by atoms with E-state index in [0.717, 1.165) is 24.3 Å². The molecule has 2 N–H and O–H groups in total. The molecule has 0 aliphatic heterocycles. The van der Waals surface area contributed by atoms with Crippen molar-refractivity contribution in [3.05, 3.63) is 34.8 Å². The molecule has 1 heterocycles. The predicted molar refractivity (Wildman–Crippen MR) is 70.5 cm³/mol. The van der Waals surface area contributed by atoms with E-state index < -0.39 is 34.8 Å². The van der Waals surface area contributed by atoms with E-state index in [2.05, 4.69) is 15.0 Å². The van der Waals surface area contributed by atoms with Gasteiger partial charge in [-0.3, -0.25) is 0 Å². The third kappa shape index (κ3) is 4.50. The van der Waals surface area contributed by atoms with Crippen LogP contribution in [0.25, 0.3) is 0 Å². The van der Waals surface area contributed by atoms with Crippen molar-refractivity contribution in [1.29, 1.82) is 0 Å². The van der Waals surface area contributed by atoms with Crippen LogP contribution in [-0.4, -0.2) is 22.4 Å². The van der Waals surface area contributed by atoms with Gasteiger partial charge in [0.2, 0.25) is 0 Å². The van der Waals surface area contributed by atoms with E-state index in [1.165, 1.54) is 0 Å². The number of ether oxygens (including phenoxy) is 1. The topological polar surface area (TPSA) is 71.5 Å². The Kier molecular flexibility index (Phi) is 4.60. The van der Waals surface area contributed by atoms with Gasteiger partial charge in [0.1, 0.15) is 10.6 Å².